The van der Waals surface area contributed by atoms with E-state index in [4.69, 9.17) is 5.11 Å². The fraction of sp³-hybridized carbons (Fsp3) is 0.306. The van der Waals surface area contributed by atoms with Gasteiger partial charge in [0.25, 0.3) is 17.7 Å². The van der Waals surface area contributed by atoms with Crippen LogP contribution in [0.15, 0.2) is 72.8 Å². The van der Waals surface area contributed by atoms with Gasteiger partial charge in [0, 0.05) is 24.3 Å². The second kappa shape index (κ2) is 14.7. The van der Waals surface area contributed by atoms with E-state index in [1.165, 1.54) is 16.9 Å². The van der Waals surface area contributed by atoms with Crippen molar-refractivity contribution in [2.45, 2.75) is 58.4 Å². The number of fused-ring (bicyclic) bond motifs is 1. The van der Waals surface area contributed by atoms with Crippen LogP contribution in [0.1, 0.15) is 94.1 Å². The molecule has 5 amide bonds. The molecular weight excluding hydrogens is 584 g/mol. The van der Waals surface area contributed by atoms with Crippen molar-refractivity contribution in [2.75, 3.05) is 23.3 Å². The van der Waals surface area contributed by atoms with Gasteiger partial charge in [0.2, 0.25) is 0 Å². The number of nitrogens with one attached hydrogen (secondary N) is 2. The molecule has 0 fully saturated rings. The molecule has 0 spiro atoms. The Morgan fingerprint density at radius 3 is 2.37 bits per heavy atom. The monoisotopic (exact) mass is 622 g/mol. The summed E-state index contributed by atoms with van der Waals surface area (Å²) in [6.45, 7) is 2.48. The number of carboxylic acid groups (broad SMARTS) is 1. The third kappa shape index (κ3) is 7.34. The highest BCUT2D eigenvalue weighted by atomic mass is 16.4. The number of unbranched alkanes of at least 4 members (excludes halogenated alkanes) is 1. The van der Waals surface area contributed by atoms with Gasteiger partial charge in [-0.3, -0.25) is 29.0 Å². The first-order valence-electron chi connectivity index (χ1n) is 15.7. The maximum atomic E-state index is 14.0. The summed E-state index contributed by atoms with van der Waals surface area (Å²) in [6, 6.07) is 18.9. The minimum Gasteiger partial charge on any atom is -0.481 e. The van der Waals surface area contributed by atoms with Crippen molar-refractivity contribution in [3.05, 3.63) is 101 Å². The number of urea groups is 1. The van der Waals surface area contributed by atoms with E-state index < -0.39 is 17.9 Å². The molecule has 2 aliphatic rings. The lowest BCUT2D eigenvalue weighted by Crippen LogP contribution is -2.35. The molecule has 0 unspecified atom stereocenters. The Morgan fingerprint density at radius 1 is 0.935 bits per heavy atom. The van der Waals surface area contributed by atoms with Crippen LogP contribution in [0.4, 0.5) is 16.2 Å². The number of carboxylic acids is 1. The first kappa shape index (κ1) is 32.2. The molecule has 3 aromatic rings. The summed E-state index contributed by atoms with van der Waals surface area (Å²) in [7, 11) is 0. The van der Waals surface area contributed by atoms with E-state index in [0.29, 0.717) is 24.2 Å². The molecule has 46 heavy (non-hydrogen) atoms. The topological polar surface area (TPSA) is 136 Å². The SMILES string of the molecule is CCCCN1C(=O)c2cccc(NC(=O)N(Cc3ccc(C(=O)NCCC(=O)O)cc3)c3ccc(C4=CCCCC4)cc3)c2C1=O. The maximum absolute atomic E-state index is 14.0. The highest BCUT2D eigenvalue weighted by Gasteiger charge is 2.37. The molecule has 3 aromatic carbocycles. The van der Waals surface area contributed by atoms with E-state index >= 15 is 0 Å². The predicted octanol–water partition coefficient (Wildman–Crippen LogP) is 6.48. The van der Waals surface area contributed by atoms with Crippen molar-refractivity contribution >= 4 is 46.7 Å². The number of allylic oxidation sites excluding steroid dienone is 2. The van der Waals surface area contributed by atoms with Gasteiger partial charge in [-0.2, -0.15) is 0 Å². The summed E-state index contributed by atoms with van der Waals surface area (Å²) in [5.41, 5.74) is 4.87. The summed E-state index contributed by atoms with van der Waals surface area (Å²) < 4.78 is 0. The summed E-state index contributed by atoms with van der Waals surface area (Å²) in [6.07, 6.45) is 8.01. The van der Waals surface area contributed by atoms with Crippen molar-refractivity contribution in [1.82, 2.24) is 10.2 Å². The Labute approximate surface area is 268 Å². The quantitative estimate of drug-likeness (QED) is 0.198. The molecule has 3 N–H and O–H groups in total. The van der Waals surface area contributed by atoms with Gasteiger partial charge >= 0.3 is 12.0 Å². The number of hydrogen-bond donors (Lipinski definition) is 3. The lowest BCUT2D eigenvalue weighted by atomic mass is 9.93. The Kier molecular flexibility index (Phi) is 10.3. The average molecular weight is 623 g/mol. The first-order chi connectivity index (χ1) is 22.3. The number of imide groups is 1. The molecule has 0 saturated heterocycles. The number of hydrogen-bond acceptors (Lipinski definition) is 5. The molecule has 5 rings (SSSR count). The molecule has 1 aliphatic carbocycles. The number of anilines is 2. The van der Waals surface area contributed by atoms with Crippen LogP contribution in [-0.2, 0) is 11.3 Å². The van der Waals surface area contributed by atoms with E-state index in [2.05, 4.69) is 16.7 Å². The van der Waals surface area contributed by atoms with Crippen molar-refractivity contribution in [3.63, 3.8) is 0 Å². The molecule has 0 saturated carbocycles. The lowest BCUT2D eigenvalue weighted by molar-refractivity contribution is -0.136. The van der Waals surface area contributed by atoms with Crippen molar-refractivity contribution in [3.8, 4) is 0 Å². The zero-order valence-corrected chi connectivity index (χ0v) is 25.9. The average Bonchev–Trinajstić information content (AvgIpc) is 3.32. The third-order valence-corrected chi connectivity index (χ3v) is 8.24. The Hall–Kier alpha value is -5.25. The van der Waals surface area contributed by atoms with Crippen molar-refractivity contribution < 1.29 is 29.1 Å². The van der Waals surface area contributed by atoms with Crippen LogP contribution in [0, 0.1) is 0 Å². The zero-order valence-electron chi connectivity index (χ0n) is 25.9. The van der Waals surface area contributed by atoms with Gasteiger partial charge in [-0.05, 0) is 85.2 Å². The summed E-state index contributed by atoms with van der Waals surface area (Å²) in [5, 5.41) is 14.3. The normalized spacial score (nSPS) is 14.0. The van der Waals surface area contributed by atoms with Gasteiger partial charge < -0.3 is 15.7 Å². The smallest absolute Gasteiger partial charge is 0.326 e. The minimum absolute atomic E-state index is 0.0183. The molecule has 0 atom stereocenters. The van der Waals surface area contributed by atoms with Crippen LogP contribution >= 0.6 is 0 Å². The molecule has 0 radical (unpaired) electrons. The number of amides is 5. The molecule has 0 bridgehead atoms. The van der Waals surface area contributed by atoms with Gasteiger partial charge in [0.1, 0.15) is 0 Å². The molecule has 0 aromatic heterocycles. The number of carbonyl (C=O) groups excluding carboxylic acids is 4. The maximum Gasteiger partial charge on any atom is 0.326 e. The minimum atomic E-state index is -0.997. The molecular formula is C36H38N4O6. The van der Waals surface area contributed by atoms with Crippen molar-refractivity contribution in [2.24, 2.45) is 0 Å². The van der Waals surface area contributed by atoms with Gasteiger partial charge in [-0.25, -0.2) is 4.79 Å². The Balaban J connectivity index is 1.40. The highest BCUT2D eigenvalue weighted by Crippen LogP contribution is 2.32. The first-order valence-corrected chi connectivity index (χ1v) is 15.7. The predicted molar refractivity (Wildman–Crippen MR) is 176 cm³/mol. The summed E-state index contributed by atoms with van der Waals surface area (Å²) in [5.74, 6) is -2.16. The van der Waals surface area contributed by atoms with Crippen LogP contribution in [0.5, 0.6) is 0 Å². The number of carbonyl (C=O) groups is 5. The van der Waals surface area contributed by atoms with Crippen LogP contribution in [0.2, 0.25) is 0 Å². The molecule has 238 valence electrons. The highest BCUT2D eigenvalue weighted by molar-refractivity contribution is 6.24. The van der Waals surface area contributed by atoms with Crippen LogP contribution in [0.3, 0.4) is 0 Å². The second-order valence-corrected chi connectivity index (χ2v) is 11.5. The molecule has 1 aliphatic heterocycles. The summed E-state index contributed by atoms with van der Waals surface area (Å²) in [4.78, 5) is 66.3. The van der Waals surface area contributed by atoms with Gasteiger partial charge in [0.15, 0.2) is 0 Å². The number of benzene rings is 3. The standard InChI is InChI=1S/C36H38N4O6/c1-2-3-22-39-34(44)29-10-7-11-30(32(29)35(39)45)38-36(46)40(28-18-16-26(17-19-28)25-8-5-4-6-9-25)23-24-12-14-27(15-13-24)33(43)37-21-20-31(41)42/h7-8,10-19H,2-6,9,20-23H2,1H3,(H,37,43)(H,38,46)(H,41,42). The van der Waals surface area contributed by atoms with E-state index in [0.717, 1.165) is 36.8 Å². The fourth-order valence-corrected chi connectivity index (χ4v) is 5.70. The summed E-state index contributed by atoms with van der Waals surface area (Å²) >= 11 is 0. The third-order valence-electron chi connectivity index (χ3n) is 8.24. The van der Waals surface area contributed by atoms with Gasteiger partial charge in [-0.15, -0.1) is 0 Å². The van der Waals surface area contributed by atoms with E-state index in [9.17, 15) is 24.0 Å². The van der Waals surface area contributed by atoms with Gasteiger partial charge in [0.05, 0.1) is 29.8 Å². The second-order valence-electron chi connectivity index (χ2n) is 11.5. The van der Waals surface area contributed by atoms with Gasteiger partial charge in [-0.1, -0.05) is 49.8 Å². The largest absolute Gasteiger partial charge is 0.481 e. The Bertz CT molecular complexity index is 1660. The number of aliphatic carboxylic acids is 1. The number of rotatable bonds is 12. The number of nitrogens with zero attached hydrogens (tertiary/aromatic N) is 2. The molecule has 10 heteroatoms. The van der Waals surface area contributed by atoms with Crippen LogP contribution in [-0.4, -0.2) is 52.8 Å². The van der Waals surface area contributed by atoms with Crippen molar-refractivity contribution in [1.29, 1.82) is 0 Å². The van der Waals surface area contributed by atoms with Crippen LogP contribution in [0.25, 0.3) is 5.57 Å². The van der Waals surface area contributed by atoms with Crippen LogP contribution < -0.4 is 15.5 Å². The lowest BCUT2D eigenvalue weighted by Gasteiger charge is -2.25. The van der Waals surface area contributed by atoms with E-state index in [1.807, 2.05) is 31.2 Å². The Morgan fingerprint density at radius 2 is 1.70 bits per heavy atom. The van der Waals surface area contributed by atoms with E-state index in [1.54, 1.807) is 47.4 Å². The molecule has 1 heterocycles. The van der Waals surface area contributed by atoms with E-state index in [-0.39, 0.29) is 48.1 Å². The molecule has 10 nitrogen and oxygen atoms in total. The fourth-order valence-electron chi connectivity index (χ4n) is 5.70. The zero-order chi connectivity index (χ0) is 32.6.